The highest BCUT2D eigenvalue weighted by molar-refractivity contribution is 6.31. The van der Waals surface area contributed by atoms with E-state index in [2.05, 4.69) is 5.32 Å². The molecule has 0 aliphatic carbocycles. The van der Waals surface area contributed by atoms with E-state index in [1.54, 1.807) is 22.8 Å². The SMILES string of the molecule is CCCNC(=O)[C@@H](C)N(Cc1ccccc1Cl)C(=O)CCCN1C(=O)c2cccc3cccc1c23. The van der Waals surface area contributed by atoms with Crippen LogP contribution in [0.1, 0.15) is 49.0 Å². The second kappa shape index (κ2) is 10.9. The Bertz CT molecular complexity index is 1250. The Hall–Kier alpha value is -3.38. The van der Waals surface area contributed by atoms with Gasteiger partial charge in [-0.1, -0.05) is 61.0 Å². The van der Waals surface area contributed by atoms with E-state index in [1.807, 2.05) is 61.5 Å². The molecule has 35 heavy (non-hydrogen) atoms. The zero-order valence-corrected chi connectivity index (χ0v) is 20.8. The Morgan fingerprint density at radius 3 is 2.54 bits per heavy atom. The molecule has 7 heteroatoms. The largest absolute Gasteiger partial charge is 0.354 e. The van der Waals surface area contributed by atoms with E-state index in [1.165, 1.54) is 0 Å². The van der Waals surface area contributed by atoms with E-state index in [9.17, 15) is 14.4 Å². The summed E-state index contributed by atoms with van der Waals surface area (Å²) in [5, 5.41) is 5.43. The average molecular weight is 492 g/mol. The van der Waals surface area contributed by atoms with Gasteiger partial charge in [0.2, 0.25) is 11.8 Å². The molecule has 3 aromatic carbocycles. The van der Waals surface area contributed by atoms with Crippen LogP contribution in [0.4, 0.5) is 5.69 Å². The lowest BCUT2D eigenvalue weighted by atomic mass is 10.1. The molecule has 0 bridgehead atoms. The van der Waals surface area contributed by atoms with Crippen molar-refractivity contribution in [3.63, 3.8) is 0 Å². The van der Waals surface area contributed by atoms with E-state index >= 15 is 0 Å². The first-order valence-corrected chi connectivity index (χ1v) is 12.4. The van der Waals surface area contributed by atoms with Crippen LogP contribution in [0.25, 0.3) is 10.8 Å². The molecule has 1 heterocycles. The lowest BCUT2D eigenvalue weighted by Crippen LogP contribution is -2.47. The van der Waals surface area contributed by atoms with Gasteiger partial charge in [0.25, 0.3) is 5.91 Å². The van der Waals surface area contributed by atoms with Crippen LogP contribution in [0.5, 0.6) is 0 Å². The Labute approximate surface area is 210 Å². The molecule has 0 radical (unpaired) electrons. The van der Waals surface area contributed by atoms with E-state index < -0.39 is 6.04 Å². The fourth-order valence-electron chi connectivity index (χ4n) is 4.52. The number of carbonyl (C=O) groups excluding carboxylic acids is 3. The number of rotatable bonds is 10. The minimum absolute atomic E-state index is 0.0375. The Kier molecular flexibility index (Phi) is 7.71. The first kappa shape index (κ1) is 24.7. The standard InChI is InChI=1S/C28H30ClN3O3/c1-3-16-30-27(34)19(2)32(18-21-9-4-5-13-23(21)29)25(33)15-8-17-31-24-14-7-11-20-10-6-12-22(26(20)24)28(31)35/h4-7,9-14,19H,3,8,15-18H2,1-2H3,(H,30,34)/t19-/m1/s1. The quantitative estimate of drug-likeness (QED) is 0.425. The van der Waals surface area contributed by atoms with Gasteiger partial charge in [0.15, 0.2) is 0 Å². The van der Waals surface area contributed by atoms with Crippen LogP contribution < -0.4 is 10.2 Å². The van der Waals surface area contributed by atoms with Crippen molar-refractivity contribution in [3.05, 3.63) is 76.8 Å². The molecule has 1 N–H and O–H groups in total. The lowest BCUT2D eigenvalue weighted by Gasteiger charge is -2.29. The van der Waals surface area contributed by atoms with Gasteiger partial charge in [-0.05, 0) is 48.9 Å². The molecular formula is C28H30ClN3O3. The van der Waals surface area contributed by atoms with Crippen molar-refractivity contribution >= 4 is 45.8 Å². The van der Waals surface area contributed by atoms with Gasteiger partial charge in [-0.2, -0.15) is 0 Å². The van der Waals surface area contributed by atoms with Gasteiger partial charge in [0, 0.05) is 42.0 Å². The highest BCUT2D eigenvalue weighted by Crippen LogP contribution is 2.37. The molecule has 0 unspecified atom stereocenters. The molecule has 3 amide bonds. The number of hydrogen-bond donors (Lipinski definition) is 1. The van der Waals surface area contributed by atoms with Gasteiger partial charge >= 0.3 is 0 Å². The van der Waals surface area contributed by atoms with Gasteiger partial charge < -0.3 is 15.1 Å². The Balaban J connectivity index is 1.46. The summed E-state index contributed by atoms with van der Waals surface area (Å²) in [6, 6.07) is 18.3. The van der Waals surface area contributed by atoms with Crippen LogP contribution in [-0.2, 0) is 16.1 Å². The lowest BCUT2D eigenvalue weighted by molar-refractivity contribution is -0.140. The number of nitrogens with zero attached hydrogens (tertiary/aromatic N) is 2. The van der Waals surface area contributed by atoms with E-state index in [4.69, 9.17) is 11.6 Å². The minimum Gasteiger partial charge on any atom is -0.354 e. The number of carbonyl (C=O) groups is 3. The summed E-state index contributed by atoms with van der Waals surface area (Å²) in [6.45, 7) is 4.94. The van der Waals surface area contributed by atoms with Crippen molar-refractivity contribution in [2.24, 2.45) is 0 Å². The minimum atomic E-state index is -0.642. The van der Waals surface area contributed by atoms with Crippen molar-refractivity contribution < 1.29 is 14.4 Å². The summed E-state index contributed by atoms with van der Waals surface area (Å²) in [5.41, 5.74) is 2.37. The summed E-state index contributed by atoms with van der Waals surface area (Å²) >= 11 is 6.35. The number of amides is 3. The molecule has 0 saturated carbocycles. The summed E-state index contributed by atoms with van der Waals surface area (Å²) < 4.78 is 0. The third-order valence-electron chi connectivity index (χ3n) is 6.44. The van der Waals surface area contributed by atoms with Crippen molar-refractivity contribution in [2.75, 3.05) is 18.0 Å². The molecule has 6 nitrogen and oxygen atoms in total. The number of nitrogens with one attached hydrogen (secondary N) is 1. The average Bonchev–Trinajstić information content (AvgIpc) is 3.14. The predicted molar refractivity (Wildman–Crippen MR) is 140 cm³/mol. The Morgan fingerprint density at radius 2 is 1.80 bits per heavy atom. The summed E-state index contributed by atoms with van der Waals surface area (Å²) in [7, 11) is 0. The molecule has 3 aromatic rings. The van der Waals surface area contributed by atoms with Crippen molar-refractivity contribution in [2.45, 2.75) is 45.7 Å². The second-order valence-electron chi connectivity index (χ2n) is 8.82. The highest BCUT2D eigenvalue weighted by atomic mass is 35.5. The zero-order valence-electron chi connectivity index (χ0n) is 20.1. The predicted octanol–water partition coefficient (Wildman–Crippen LogP) is 5.18. The second-order valence-corrected chi connectivity index (χ2v) is 9.23. The first-order chi connectivity index (χ1) is 16.9. The van der Waals surface area contributed by atoms with Crippen molar-refractivity contribution in [1.82, 2.24) is 10.2 Å². The molecular weight excluding hydrogens is 462 g/mol. The number of anilines is 1. The van der Waals surface area contributed by atoms with Crippen LogP contribution in [0.15, 0.2) is 60.7 Å². The molecule has 0 fully saturated rings. The van der Waals surface area contributed by atoms with E-state index in [-0.39, 0.29) is 30.7 Å². The maximum absolute atomic E-state index is 13.3. The monoisotopic (exact) mass is 491 g/mol. The summed E-state index contributed by atoms with van der Waals surface area (Å²) in [5.74, 6) is -0.375. The third kappa shape index (κ3) is 5.17. The third-order valence-corrected chi connectivity index (χ3v) is 6.81. The summed E-state index contributed by atoms with van der Waals surface area (Å²) in [6.07, 6.45) is 1.51. The maximum Gasteiger partial charge on any atom is 0.258 e. The zero-order chi connectivity index (χ0) is 24.9. The molecule has 1 aliphatic rings. The molecule has 1 atom stereocenters. The fraction of sp³-hybridized carbons (Fsp3) is 0.321. The molecule has 0 spiro atoms. The maximum atomic E-state index is 13.3. The van der Waals surface area contributed by atoms with Gasteiger partial charge in [-0.25, -0.2) is 0 Å². The molecule has 0 aromatic heterocycles. The molecule has 182 valence electrons. The van der Waals surface area contributed by atoms with Crippen LogP contribution in [0.2, 0.25) is 5.02 Å². The normalized spacial score (nSPS) is 13.2. The smallest absolute Gasteiger partial charge is 0.258 e. The number of halogens is 1. The number of hydrogen-bond acceptors (Lipinski definition) is 3. The van der Waals surface area contributed by atoms with E-state index in [0.29, 0.717) is 30.1 Å². The van der Waals surface area contributed by atoms with Crippen molar-refractivity contribution in [3.8, 4) is 0 Å². The van der Waals surface area contributed by atoms with Crippen LogP contribution >= 0.6 is 11.6 Å². The van der Waals surface area contributed by atoms with E-state index in [0.717, 1.165) is 28.4 Å². The van der Waals surface area contributed by atoms with Gasteiger partial charge in [0.1, 0.15) is 6.04 Å². The Morgan fingerprint density at radius 1 is 1.06 bits per heavy atom. The van der Waals surface area contributed by atoms with Crippen molar-refractivity contribution in [1.29, 1.82) is 0 Å². The van der Waals surface area contributed by atoms with Crippen LogP contribution in [-0.4, -0.2) is 41.8 Å². The number of benzene rings is 3. The topological polar surface area (TPSA) is 69.7 Å². The molecule has 1 aliphatic heterocycles. The van der Waals surface area contributed by atoms with Gasteiger partial charge in [0.05, 0.1) is 5.69 Å². The first-order valence-electron chi connectivity index (χ1n) is 12.1. The summed E-state index contributed by atoms with van der Waals surface area (Å²) in [4.78, 5) is 42.4. The fourth-order valence-corrected chi connectivity index (χ4v) is 4.72. The van der Waals surface area contributed by atoms with Crippen LogP contribution in [0.3, 0.4) is 0 Å². The van der Waals surface area contributed by atoms with Gasteiger partial charge in [-0.3, -0.25) is 14.4 Å². The molecule has 0 saturated heterocycles. The van der Waals surface area contributed by atoms with Crippen LogP contribution in [0, 0.1) is 0 Å². The van der Waals surface area contributed by atoms with Gasteiger partial charge in [-0.15, -0.1) is 0 Å². The molecule has 4 rings (SSSR count). The highest BCUT2D eigenvalue weighted by Gasteiger charge is 2.30.